The summed E-state index contributed by atoms with van der Waals surface area (Å²) in [5, 5.41) is 9.59. The Labute approximate surface area is 162 Å². The van der Waals surface area contributed by atoms with Crippen molar-refractivity contribution in [3.8, 4) is 5.75 Å². The van der Waals surface area contributed by atoms with Gasteiger partial charge in [-0.2, -0.15) is 13.2 Å². The molecule has 0 saturated carbocycles. The van der Waals surface area contributed by atoms with Gasteiger partial charge in [0.05, 0.1) is 11.3 Å². The van der Waals surface area contributed by atoms with E-state index in [9.17, 15) is 27.5 Å². The molecule has 1 aliphatic heterocycles. The maximum Gasteiger partial charge on any atom is 0.419 e. The molecule has 1 aromatic heterocycles. The molecule has 152 valence electrons. The fraction of sp³-hybridized carbons (Fsp3) is 0.412. The lowest BCUT2D eigenvalue weighted by atomic mass is 10.1. The third-order valence-corrected chi connectivity index (χ3v) is 4.79. The van der Waals surface area contributed by atoms with Crippen molar-refractivity contribution in [3.63, 3.8) is 0 Å². The molecule has 1 unspecified atom stereocenters. The van der Waals surface area contributed by atoms with Gasteiger partial charge in [0.1, 0.15) is 30.0 Å². The summed E-state index contributed by atoms with van der Waals surface area (Å²) in [7, 11) is 0. The van der Waals surface area contributed by atoms with Gasteiger partial charge in [-0.05, 0) is 18.2 Å². The van der Waals surface area contributed by atoms with Gasteiger partial charge in [0.2, 0.25) is 0 Å². The normalized spacial score (nSPS) is 16.8. The van der Waals surface area contributed by atoms with Gasteiger partial charge in [0, 0.05) is 19.5 Å². The molecule has 6 nitrogen and oxygen atoms in total. The summed E-state index contributed by atoms with van der Waals surface area (Å²) < 4.78 is 59.2. The molecule has 0 aliphatic carbocycles. The number of benzene rings is 1. The second kappa shape index (κ2) is 7.50. The zero-order valence-corrected chi connectivity index (χ0v) is 15.4. The number of aryl methyl sites for hydroxylation is 1. The van der Waals surface area contributed by atoms with Crippen LogP contribution in [0.3, 0.4) is 0 Å². The predicted octanol–water partition coefficient (Wildman–Crippen LogP) is 4.37. The quantitative estimate of drug-likeness (QED) is 0.744. The summed E-state index contributed by atoms with van der Waals surface area (Å²) in [5.74, 6) is -0.975. The van der Waals surface area contributed by atoms with E-state index in [1.165, 1.54) is 0 Å². The van der Waals surface area contributed by atoms with E-state index < -0.39 is 29.7 Å². The predicted molar refractivity (Wildman–Crippen MR) is 91.0 cm³/mol. The van der Waals surface area contributed by atoms with Crippen molar-refractivity contribution in [1.82, 2.24) is 14.5 Å². The van der Waals surface area contributed by atoms with Crippen molar-refractivity contribution in [2.45, 2.75) is 32.1 Å². The van der Waals surface area contributed by atoms with Crippen molar-refractivity contribution in [3.05, 3.63) is 46.3 Å². The summed E-state index contributed by atoms with van der Waals surface area (Å²) in [6.45, 7) is 2.07. The standard InChI is InChI=1S/C17H16ClF4N3O3/c1-2-13-23-15(18)14-12(24(16(26)27)5-6-25(13)14)8-28-9-3-4-11(19)10(7-9)17(20,21)22/h3-4,7,12H,2,5-6,8H2,1H3,(H,26,27). The Morgan fingerprint density at radius 2 is 2.11 bits per heavy atom. The average molecular weight is 422 g/mol. The van der Waals surface area contributed by atoms with E-state index in [0.717, 1.165) is 11.0 Å². The molecule has 1 aliphatic rings. The number of carbonyl (C=O) groups is 1. The molecular formula is C17H16ClF4N3O3. The van der Waals surface area contributed by atoms with Crippen LogP contribution in [0.4, 0.5) is 22.4 Å². The highest BCUT2D eigenvalue weighted by Gasteiger charge is 2.37. The molecule has 0 spiro atoms. The van der Waals surface area contributed by atoms with E-state index in [4.69, 9.17) is 16.3 Å². The monoisotopic (exact) mass is 421 g/mol. The van der Waals surface area contributed by atoms with Crippen molar-refractivity contribution in [2.24, 2.45) is 0 Å². The second-order valence-electron chi connectivity index (χ2n) is 6.15. The van der Waals surface area contributed by atoms with Gasteiger partial charge in [0.25, 0.3) is 0 Å². The number of rotatable bonds is 4. The van der Waals surface area contributed by atoms with Crippen LogP contribution in [0.2, 0.25) is 5.15 Å². The fourth-order valence-corrected chi connectivity index (χ4v) is 3.54. The lowest BCUT2D eigenvalue weighted by molar-refractivity contribution is -0.140. The van der Waals surface area contributed by atoms with E-state index >= 15 is 0 Å². The van der Waals surface area contributed by atoms with Crippen LogP contribution in [0.15, 0.2) is 18.2 Å². The molecule has 0 bridgehead atoms. The second-order valence-corrected chi connectivity index (χ2v) is 6.51. The maximum atomic E-state index is 13.4. The van der Waals surface area contributed by atoms with Gasteiger partial charge in [-0.15, -0.1) is 0 Å². The average Bonchev–Trinajstić information content (AvgIpc) is 2.96. The largest absolute Gasteiger partial charge is 0.491 e. The first-order chi connectivity index (χ1) is 13.1. The number of hydrogen-bond donors (Lipinski definition) is 1. The Balaban J connectivity index is 1.90. The molecule has 1 atom stereocenters. The summed E-state index contributed by atoms with van der Waals surface area (Å²) in [5.41, 5.74) is -1.04. The highest BCUT2D eigenvalue weighted by Crippen LogP contribution is 2.36. The van der Waals surface area contributed by atoms with Crippen molar-refractivity contribution >= 4 is 17.7 Å². The SMILES string of the molecule is CCc1nc(Cl)c2n1CCN(C(=O)O)C2COc1ccc(F)c(C(F)(F)F)c1. The molecular weight excluding hydrogens is 406 g/mol. The van der Waals surface area contributed by atoms with Crippen LogP contribution in [-0.2, 0) is 19.1 Å². The van der Waals surface area contributed by atoms with Crippen molar-refractivity contribution in [2.75, 3.05) is 13.2 Å². The van der Waals surface area contributed by atoms with Gasteiger partial charge < -0.3 is 14.4 Å². The summed E-state index contributed by atoms with van der Waals surface area (Å²) >= 11 is 6.19. The molecule has 1 aromatic carbocycles. The van der Waals surface area contributed by atoms with Gasteiger partial charge >= 0.3 is 12.3 Å². The molecule has 0 radical (unpaired) electrons. The lowest BCUT2D eigenvalue weighted by Gasteiger charge is -2.35. The molecule has 28 heavy (non-hydrogen) atoms. The first-order valence-electron chi connectivity index (χ1n) is 8.37. The maximum absolute atomic E-state index is 13.4. The highest BCUT2D eigenvalue weighted by atomic mass is 35.5. The third-order valence-electron chi connectivity index (χ3n) is 4.51. The van der Waals surface area contributed by atoms with E-state index in [-0.39, 0.29) is 24.1 Å². The van der Waals surface area contributed by atoms with Gasteiger partial charge in [0.15, 0.2) is 5.15 Å². The molecule has 0 fully saturated rings. The number of carboxylic acid groups (broad SMARTS) is 1. The Kier molecular flexibility index (Phi) is 5.42. The van der Waals surface area contributed by atoms with E-state index in [0.29, 0.717) is 36.6 Å². The molecule has 2 heterocycles. The summed E-state index contributed by atoms with van der Waals surface area (Å²) in [6.07, 6.45) is -5.52. The molecule has 11 heteroatoms. The Morgan fingerprint density at radius 3 is 2.71 bits per heavy atom. The van der Waals surface area contributed by atoms with Crippen LogP contribution in [0.1, 0.15) is 30.0 Å². The number of fused-ring (bicyclic) bond motifs is 1. The van der Waals surface area contributed by atoms with Gasteiger partial charge in [-0.25, -0.2) is 14.2 Å². The van der Waals surface area contributed by atoms with E-state index in [2.05, 4.69) is 4.98 Å². The van der Waals surface area contributed by atoms with Crippen molar-refractivity contribution in [1.29, 1.82) is 0 Å². The zero-order chi connectivity index (χ0) is 20.6. The van der Waals surface area contributed by atoms with E-state index in [1.54, 1.807) is 4.57 Å². The summed E-state index contributed by atoms with van der Waals surface area (Å²) in [6, 6.07) is 1.38. The van der Waals surface area contributed by atoms with Crippen LogP contribution in [0.5, 0.6) is 5.75 Å². The number of alkyl halides is 3. The number of aromatic nitrogens is 2. The number of hydrogen-bond acceptors (Lipinski definition) is 3. The topological polar surface area (TPSA) is 67.6 Å². The fourth-order valence-electron chi connectivity index (χ4n) is 3.21. The first-order valence-corrected chi connectivity index (χ1v) is 8.75. The van der Waals surface area contributed by atoms with Gasteiger partial charge in [-0.1, -0.05) is 18.5 Å². The minimum Gasteiger partial charge on any atom is -0.491 e. The van der Waals surface area contributed by atoms with Crippen LogP contribution < -0.4 is 4.74 Å². The number of halogens is 5. The molecule has 2 aromatic rings. The summed E-state index contributed by atoms with van der Waals surface area (Å²) in [4.78, 5) is 16.9. The highest BCUT2D eigenvalue weighted by molar-refractivity contribution is 6.30. The number of imidazole rings is 1. The van der Waals surface area contributed by atoms with Gasteiger partial charge in [-0.3, -0.25) is 4.90 Å². The van der Waals surface area contributed by atoms with Crippen LogP contribution in [0.25, 0.3) is 0 Å². The zero-order valence-electron chi connectivity index (χ0n) is 14.6. The minimum atomic E-state index is -4.88. The minimum absolute atomic E-state index is 0.117. The molecule has 1 amide bonds. The van der Waals surface area contributed by atoms with E-state index in [1.807, 2.05) is 6.92 Å². The van der Waals surface area contributed by atoms with Crippen LogP contribution in [-0.4, -0.2) is 38.8 Å². The number of nitrogens with zero attached hydrogens (tertiary/aromatic N) is 3. The first kappa shape index (κ1) is 20.2. The number of ether oxygens (including phenoxy) is 1. The Bertz CT molecular complexity index is 901. The lowest BCUT2D eigenvalue weighted by Crippen LogP contribution is -2.44. The number of amides is 1. The third kappa shape index (κ3) is 3.73. The smallest absolute Gasteiger partial charge is 0.419 e. The van der Waals surface area contributed by atoms with Crippen LogP contribution in [0, 0.1) is 5.82 Å². The molecule has 1 N–H and O–H groups in total. The Hall–Kier alpha value is -2.49. The molecule has 3 rings (SSSR count). The Morgan fingerprint density at radius 1 is 1.39 bits per heavy atom. The van der Waals surface area contributed by atoms with Crippen LogP contribution >= 0.6 is 11.6 Å². The van der Waals surface area contributed by atoms with Crippen molar-refractivity contribution < 1.29 is 32.2 Å². The molecule has 0 saturated heterocycles.